The number of carbonyl (C=O) groups is 4. The number of aliphatic hydroxyl groups is 1. The molecule has 0 aromatic heterocycles. The van der Waals surface area contributed by atoms with Crippen molar-refractivity contribution >= 4 is 23.7 Å². The van der Waals surface area contributed by atoms with Gasteiger partial charge >= 0.3 is 5.97 Å². The van der Waals surface area contributed by atoms with E-state index in [0.717, 1.165) is 0 Å². The van der Waals surface area contributed by atoms with Crippen molar-refractivity contribution in [2.45, 2.75) is 51.9 Å². The second-order valence-electron chi connectivity index (χ2n) is 5.86. The zero-order chi connectivity index (χ0) is 19.0. The highest BCUT2D eigenvalue weighted by Crippen LogP contribution is 2.02. The molecule has 0 bridgehead atoms. The van der Waals surface area contributed by atoms with E-state index in [1.165, 1.54) is 13.8 Å². The topological polar surface area (TPSA) is 171 Å². The Bertz CT molecular complexity index is 478. The molecule has 0 rings (SSSR count). The number of carbonyl (C=O) groups excluding carboxylic acids is 3. The lowest BCUT2D eigenvalue weighted by atomic mass is 10.0. The van der Waals surface area contributed by atoms with Crippen molar-refractivity contribution in [3.63, 3.8) is 0 Å². The fraction of sp³-hybridized carbons (Fsp3) is 0.714. The van der Waals surface area contributed by atoms with Gasteiger partial charge in [-0.15, -0.1) is 0 Å². The average Bonchev–Trinajstić information content (AvgIpc) is 2.46. The summed E-state index contributed by atoms with van der Waals surface area (Å²) in [6.07, 6.45) is -1.30. The molecule has 10 heteroatoms. The summed E-state index contributed by atoms with van der Waals surface area (Å²) in [7, 11) is 0. The van der Waals surface area contributed by atoms with E-state index < -0.39 is 54.5 Å². The minimum Gasteiger partial charge on any atom is -0.480 e. The summed E-state index contributed by atoms with van der Waals surface area (Å²) < 4.78 is 0. The molecule has 4 atom stereocenters. The van der Waals surface area contributed by atoms with Crippen LogP contribution in [-0.2, 0) is 19.2 Å². The maximum Gasteiger partial charge on any atom is 0.328 e. The first-order chi connectivity index (χ1) is 11.0. The lowest BCUT2D eigenvalue weighted by molar-refractivity contribution is -0.144. The van der Waals surface area contributed by atoms with Gasteiger partial charge in [0.1, 0.15) is 6.04 Å². The lowest BCUT2D eigenvalue weighted by Crippen LogP contribution is -2.55. The summed E-state index contributed by atoms with van der Waals surface area (Å²) in [6.45, 7) is 5.61. The molecule has 0 aliphatic heterocycles. The van der Waals surface area contributed by atoms with Crippen molar-refractivity contribution in [2.24, 2.45) is 11.7 Å². The third-order valence-corrected chi connectivity index (χ3v) is 3.15. The Hall–Kier alpha value is -2.20. The predicted molar refractivity (Wildman–Crippen MR) is 84.7 cm³/mol. The van der Waals surface area contributed by atoms with E-state index in [2.05, 4.69) is 16.0 Å². The zero-order valence-corrected chi connectivity index (χ0v) is 14.2. The first kappa shape index (κ1) is 21.8. The van der Waals surface area contributed by atoms with Crippen LogP contribution >= 0.6 is 0 Å². The molecule has 3 amide bonds. The predicted octanol–water partition coefficient (Wildman–Crippen LogP) is -2.46. The molecule has 0 aromatic carbocycles. The minimum atomic E-state index is -1.48. The van der Waals surface area contributed by atoms with Gasteiger partial charge in [0.15, 0.2) is 6.04 Å². The van der Waals surface area contributed by atoms with Gasteiger partial charge in [-0.1, -0.05) is 13.8 Å². The van der Waals surface area contributed by atoms with Gasteiger partial charge in [-0.3, -0.25) is 14.4 Å². The number of carboxylic acids is 1. The van der Waals surface area contributed by atoms with Crippen LogP contribution in [0.4, 0.5) is 0 Å². The molecular weight excluding hydrogens is 320 g/mol. The van der Waals surface area contributed by atoms with Crippen LogP contribution in [0.15, 0.2) is 0 Å². The fourth-order valence-electron chi connectivity index (χ4n) is 1.71. The number of carboxylic acid groups (broad SMARTS) is 1. The van der Waals surface area contributed by atoms with Crippen LogP contribution in [0.3, 0.4) is 0 Å². The Morgan fingerprint density at radius 3 is 1.88 bits per heavy atom. The van der Waals surface area contributed by atoms with E-state index in [-0.39, 0.29) is 5.92 Å². The molecule has 0 fully saturated rings. The minimum absolute atomic E-state index is 0.250. The zero-order valence-electron chi connectivity index (χ0n) is 14.2. The van der Waals surface area contributed by atoms with Gasteiger partial charge in [-0.05, 0) is 19.8 Å². The summed E-state index contributed by atoms with van der Waals surface area (Å²) in [5.74, 6) is -3.53. The average molecular weight is 346 g/mol. The van der Waals surface area contributed by atoms with Crippen LogP contribution in [0.25, 0.3) is 0 Å². The smallest absolute Gasteiger partial charge is 0.328 e. The van der Waals surface area contributed by atoms with E-state index in [1.807, 2.05) is 0 Å². The van der Waals surface area contributed by atoms with Gasteiger partial charge in [0.25, 0.3) is 0 Å². The summed E-state index contributed by atoms with van der Waals surface area (Å²) in [4.78, 5) is 46.3. The molecule has 138 valence electrons. The first-order valence-electron chi connectivity index (χ1n) is 7.51. The summed E-state index contributed by atoms with van der Waals surface area (Å²) in [5.41, 5.74) is 5.43. The first-order valence-corrected chi connectivity index (χ1v) is 7.51. The molecule has 0 aliphatic carbocycles. The number of rotatable bonds is 9. The van der Waals surface area contributed by atoms with E-state index in [0.29, 0.717) is 0 Å². The highest BCUT2D eigenvalue weighted by molar-refractivity contribution is 5.92. The van der Waals surface area contributed by atoms with Crippen LogP contribution in [0.5, 0.6) is 0 Å². The standard InChI is InChI=1S/C14H26N4O6/c1-6(2)10(18-12(21)7(3)15)13(22)16-5-9(20)17-11(8(4)19)14(23)24/h6-8,10-11,19H,5,15H2,1-4H3,(H,16,22)(H,17,20)(H,18,21)(H,23,24). The number of hydrogen-bond acceptors (Lipinski definition) is 6. The number of aliphatic hydroxyl groups excluding tert-OH is 1. The van der Waals surface area contributed by atoms with Crippen LogP contribution in [0.1, 0.15) is 27.7 Å². The molecule has 24 heavy (non-hydrogen) atoms. The maximum absolute atomic E-state index is 12.1. The Morgan fingerprint density at radius 1 is 0.958 bits per heavy atom. The molecule has 0 heterocycles. The molecule has 10 nitrogen and oxygen atoms in total. The molecule has 0 saturated carbocycles. The van der Waals surface area contributed by atoms with Crippen molar-refractivity contribution in [1.82, 2.24) is 16.0 Å². The van der Waals surface area contributed by atoms with Crippen molar-refractivity contribution in [2.75, 3.05) is 6.54 Å². The van der Waals surface area contributed by atoms with Crippen molar-refractivity contribution < 1.29 is 29.4 Å². The number of nitrogens with one attached hydrogen (secondary N) is 3. The van der Waals surface area contributed by atoms with Crippen LogP contribution in [0.2, 0.25) is 0 Å². The Morgan fingerprint density at radius 2 is 1.50 bits per heavy atom. The van der Waals surface area contributed by atoms with Crippen molar-refractivity contribution in [3.05, 3.63) is 0 Å². The van der Waals surface area contributed by atoms with Gasteiger partial charge in [-0.2, -0.15) is 0 Å². The third-order valence-electron chi connectivity index (χ3n) is 3.15. The molecule has 7 N–H and O–H groups in total. The Labute approximate surface area is 140 Å². The van der Waals surface area contributed by atoms with E-state index >= 15 is 0 Å². The summed E-state index contributed by atoms with van der Waals surface area (Å²) in [6, 6.07) is -3.15. The molecule has 0 radical (unpaired) electrons. The van der Waals surface area contributed by atoms with E-state index in [4.69, 9.17) is 10.8 Å². The Balaban J connectivity index is 4.64. The van der Waals surface area contributed by atoms with Crippen molar-refractivity contribution in [3.8, 4) is 0 Å². The van der Waals surface area contributed by atoms with Crippen LogP contribution < -0.4 is 21.7 Å². The monoisotopic (exact) mass is 346 g/mol. The van der Waals surface area contributed by atoms with Crippen molar-refractivity contribution in [1.29, 1.82) is 0 Å². The molecule has 0 aromatic rings. The molecule has 0 saturated heterocycles. The number of hydrogen-bond donors (Lipinski definition) is 6. The van der Waals surface area contributed by atoms with Gasteiger partial charge in [0.2, 0.25) is 17.7 Å². The van der Waals surface area contributed by atoms with E-state index in [9.17, 15) is 24.3 Å². The van der Waals surface area contributed by atoms with Gasteiger partial charge in [0, 0.05) is 0 Å². The normalized spacial score (nSPS) is 15.8. The maximum atomic E-state index is 12.1. The highest BCUT2D eigenvalue weighted by atomic mass is 16.4. The van der Waals surface area contributed by atoms with Crippen LogP contribution in [0, 0.1) is 5.92 Å². The SMILES string of the molecule is CC(N)C(=O)NC(C(=O)NCC(=O)NC(C(=O)O)C(C)O)C(C)C. The quantitative estimate of drug-likeness (QED) is 0.269. The molecular formula is C14H26N4O6. The number of aliphatic carboxylic acids is 1. The second kappa shape index (κ2) is 9.83. The Kier molecular flexibility index (Phi) is 8.93. The summed E-state index contributed by atoms with van der Waals surface area (Å²) >= 11 is 0. The molecule has 4 unspecified atom stereocenters. The van der Waals surface area contributed by atoms with Gasteiger partial charge < -0.3 is 31.9 Å². The van der Waals surface area contributed by atoms with Gasteiger partial charge in [-0.25, -0.2) is 4.79 Å². The lowest BCUT2D eigenvalue weighted by Gasteiger charge is -2.23. The van der Waals surface area contributed by atoms with Gasteiger partial charge in [0.05, 0.1) is 18.7 Å². The molecule has 0 spiro atoms. The summed E-state index contributed by atoms with van der Waals surface area (Å²) in [5, 5.41) is 25.0. The highest BCUT2D eigenvalue weighted by Gasteiger charge is 2.27. The fourth-order valence-corrected chi connectivity index (χ4v) is 1.71. The molecule has 0 aliphatic rings. The van der Waals surface area contributed by atoms with E-state index in [1.54, 1.807) is 13.8 Å². The van der Waals surface area contributed by atoms with Crippen LogP contribution in [-0.4, -0.2) is 64.7 Å². The second-order valence-corrected chi connectivity index (χ2v) is 5.86. The largest absolute Gasteiger partial charge is 0.480 e. The number of nitrogens with two attached hydrogens (primary N) is 1. The third kappa shape index (κ3) is 7.38. The number of amides is 3.